The van der Waals surface area contributed by atoms with Gasteiger partial charge in [-0.1, -0.05) is 11.2 Å². The van der Waals surface area contributed by atoms with Crippen molar-refractivity contribution in [3.05, 3.63) is 53.6 Å². The lowest BCUT2D eigenvalue weighted by Gasteiger charge is -2.09. The summed E-state index contributed by atoms with van der Waals surface area (Å²) in [5.41, 5.74) is 2.38. The Morgan fingerprint density at radius 3 is 2.58 bits per heavy atom. The van der Waals surface area contributed by atoms with Gasteiger partial charge in [-0.05, 0) is 55.3 Å². The van der Waals surface area contributed by atoms with E-state index < -0.39 is 6.09 Å². The second kappa shape index (κ2) is 7.65. The van der Waals surface area contributed by atoms with E-state index in [-0.39, 0.29) is 0 Å². The van der Waals surface area contributed by atoms with E-state index in [9.17, 15) is 4.79 Å². The summed E-state index contributed by atoms with van der Waals surface area (Å²) in [6.45, 7) is 3.44. The molecule has 0 radical (unpaired) electrons. The standard InChI is InChI=1S/C17H15N3O4/c1-11-3-6-14(9-16(11)23-10-18)19-17(21)24-15-7-4-13(5-8-15)12(2)20-22/h3-9,22H,1-2H3,(H,19,21)/b20-12+. The smallest absolute Gasteiger partial charge is 0.411 e. The quantitative estimate of drug-likeness (QED) is 0.386. The average Bonchev–Trinajstić information content (AvgIpc) is 2.58. The van der Waals surface area contributed by atoms with Crippen molar-refractivity contribution in [3.63, 3.8) is 0 Å². The number of carbonyl (C=O) groups excluding carboxylic acids is 1. The van der Waals surface area contributed by atoms with Crippen molar-refractivity contribution in [3.8, 4) is 17.8 Å². The predicted octanol–water partition coefficient (Wildman–Crippen LogP) is 3.66. The van der Waals surface area contributed by atoms with Gasteiger partial charge < -0.3 is 14.7 Å². The van der Waals surface area contributed by atoms with E-state index >= 15 is 0 Å². The molecule has 2 aromatic rings. The molecule has 122 valence electrons. The zero-order valence-electron chi connectivity index (χ0n) is 13.1. The summed E-state index contributed by atoms with van der Waals surface area (Å²) < 4.78 is 9.96. The van der Waals surface area contributed by atoms with E-state index in [1.165, 1.54) is 6.07 Å². The van der Waals surface area contributed by atoms with Crippen LogP contribution < -0.4 is 14.8 Å². The lowest BCUT2D eigenvalue weighted by Crippen LogP contribution is -2.16. The minimum atomic E-state index is -0.679. The van der Waals surface area contributed by atoms with Gasteiger partial charge in [0.25, 0.3) is 6.26 Å². The van der Waals surface area contributed by atoms with Crippen molar-refractivity contribution < 1.29 is 19.5 Å². The van der Waals surface area contributed by atoms with Gasteiger partial charge in [-0.3, -0.25) is 5.32 Å². The van der Waals surface area contributed by atoms with E-state index in [0.29, 0.717) is 28.5 Å². The van der Waals surface area contributed by atoms with Crippen LogP contribution in [0.25, 0.3) is 0 Å². The fraction of sp³-hybridized carbons (Fsp3) is 0.118. The Morgan fingerprint density at radius 2 is 1.96 bits per heavy atom. The molecule has 1 amide bonds. The monoisotopic (exact) mass is 325 g/mol. The third kappa shape index (κ3) is 4.24. The number of hydrogen-bond acceptors (Lipinski definition) is 6. The first-order chi connectivity index (χ1) is 11.5. The molecule has 2 aromatic carbocycles. The van der Waals surface area contributed by atoms with E-state index in [2.05, 4.69) is 10.5 Å². The van der Waals surface area contributed by atoms with Gasteiger partial charge in [0.05, 0.1) is 5.71 Å². The van der Waals surface area contributed by atoms with Gasteiger partial charge in [0.1, 0.15) is 11.5 Å². The molecular formula is C17H15N3O4. The van der Waals surface area contributed by atoms with Crippen LogP contribution in [0.1, 0.15) is 18.1 Å². The number of ether oxygens (including phenoxy) is 2. The Balaban J connectivity index is 2.03. The molecule has 0 unspecified atom stereocenters. The topological polar surface area (TPSA) is 104 Å². The summed E-state index contributed by atoms with van der Waals surface area (Å²) in [7, 11) is 0. The Morgan fingerprint density at radius 1 is 1.25 bits per heavy atom. The van der Waals surface area contributed by atoms with Crippen LogP contribution in [0.4, 0.5) is 10.5 Å². The van der Waals surface area contributed by atoms with Gasteiger partial charge in [0.15, 0.2) is 0 Å². The zero-order chi connectivity index (χ0) is 17.5. The maximum atomic E-state index is 11.9. The number of rotatable bonds is 4. The number of aryl methyl sites for hydroxylation is 1. The number of nitrogens with one attached hydrogen (secondary N) is 1. The van der Waals surface area contributed by atoms with E-state index in [1.54, 1.807) is 56.5 Å². The number of hydrogen-bond donors (Lipinski definition) is 2. The number of nitrogens with zero attached hydrogens (tertiary/aromatic N) is 2. The Kier molecular flexibility index (Phi) is 5.36. The SMILES string of the molecule is C/C(=N\O)c1ccc(OC(=O)Nc2ccc(C)c(OC#N)c2)cc1. The number of oxime groups is 1. The highest BCUT2D eigenvalue weighted by Crippen LogP contribution is 2.23. The summed E-state index contributed by atoms with van der Waals surface area (Å²) in [4.78, 5) is 11.9. The fourth-order valence-electron chi connectivity index (χ4n) is 1.91. The lowest BCUT2D eigenvalue weighted by atomic mass is 10.1. The number of benzene rings is 2. The number of nitriles is 1. The van der Waals surface area contributed by atoms with Crippen LogP contribution in [-0.4, -0.2) is 17.0 Å². The van der Waals surface area contributed by atoms with Crippen molar-refractivity contribution in [2.45, 2.75) is 13.8 Å². The van der Waals surface area contributed by atoms with Gasteiger partial charge >= 0.3 is 6.09 Å². The number of anilines is 1. The number of carbonyl (C=O) groups is 1. The van der Waals surface area contributed by atoms with Gasteiger partial charge in [-0.25, -0.2) is 4.79 Å². The summed E-state index contributed by atoms with van der Waals surface area (Å²) in [5, 5.41) is 22.9. The predicted molar refractivity (Wildman–Crippen MR) is 87.5 cm³/mol. The summed E-state index contributed by atoms with van der Waals surface area (Å²) in [5.74, 6) is 0.695. The maximum absolute atomic E-state index is 11.9. The van der Waals surface area contributed by atoms with E-state index in [1.807, 2.05) is 0 Å². The minimum Gasteiger partial charge on any atom is -0.411 e. The minimum absolute atomic E-state index is 0.336. The van der Waals surface area contributed by atoms with Crippen LogP contribution >= 0.6 is 0 Å². The molecule has 0 aliphatic rings. The third-order valence-corrected chi connectivity index (χ3v) is 3.22. The molecule has 0 saturated carbocycles. The Bertz CT molecular complexity index is 808. The molecule has 0 atom stereocenters. The molecule has 0 bridgehead atoms. The van der Waals surface area contributed by atoms with Crippen molar-refractivity contribution in [1.29, 1.82) is 5.26 Å². The second-order valence-corrected chi connectivity index (χ2v) is 4.90. The van der Waals surface area contributed by atoms with E-state index in [0.717, 1.165) is 5.56 Å². The lowest BCUT2D eigenvalue weighted by molar-refractivity contribution is 0.215. The first-order valence-electron chi connectivity index (χ1n) is 6.98. The molecule has 2 N–H and O–H groups in total. The summed E-state index contributed by atoms with van der Waals surface area (Å²) >= 11 is 0. The highest BCUT2D eigenvalue weighted by Gasteiger charge is 2.08. The molecule has 7 heteroatoms. The molecule has 0 spiro atoms. The highest BCUT2D eigenvalue weighted by molar-refractivity contribution is 5.98. The van der Waals surface area contributed by atoms with Crippen LogP contribution in [-0.2, 0) is 0 Å². The maximum Gasteiger partial charge on any atom is 0.417 e. The first-order valence-corrected chi connectivity index (χ1v) is 6.98. The molecule has 2 rings (SSSR count). The largest absolute Gasteiger partial charge is 0.417 e. The molecule has 0 heterocycles. The van der Waals surface area contributed by atoms with Crippen LogP contribution in [0.2, 0.25) is 0 Å². The summed E-state index contributed by atoms with van der Waals surface area (Å²) in [6.07, 6.45) is 0.914. The van der Waals surface area contributed by atoms with Crippen LogP contribution in [0, 0.1) is 18.4 Å². The van der Waals surface area contributed by atoms with Crippen molar-refractivity contribution in [2.24, 2.45) is 5.16 Å². The first kappa shape index (κ1) is 16.8. The van der Waals surface area contributed by atoms with Crippen molar-refractivity contribution in [1.82, 2.24) is 0 Å². The average molecular weight is 325 g/mol. The van der Waals surface area contributed by atoms with Gasteiger partial charge in [0, 0.05) is 11.8 Å². The molecule has 0 saturated heterocycles. The van der Waals surface area contributed by atoms with Crippen LogP contribution in [0.15, 0.2) is 47.6 Å². The fourth-order valence-corrected chi connectivity index (χ4v) is 1.91. The molecule has 0 aliphatic carbocycles. The molecular weight excluding hydrogens is 310 g/mol. The van der Waals surface area contributed by atoms with Gasteiger partial charge in [0.2, 0.25) is 0 Å². The molecule has 0 aromatic heterocycles. The Hall–Kier alpha value is -3.53. The van der Waals surface area contributed by atoms with Crippen LogP contribution in [0.5, 0.6) is 11.5 Å². The van der Waals surface area contributed by atoms with Gasteiger partial charge in [-0.15, -0.1) is 5.26 Å². The normalized spacial score (nSPS) is 10.6. The molecule has 0 fully saturated rings. The van der Waals surface area contributed by atoms with Gasteiger partial charge in [-0.2, -0.15) is 0 Å². The Labute approximate surface area is 138 Å². The highest BCUT2D eigenvalue weighted by atomic mass is 16.6. The van der Waals surface area contributed by atoms with Crippen molar-refractivity contribution >= 4 is 17.5 Å². The van der Waals surface area contributed by atoms with Crippen molar-refractivity contribution in [2.75, 3.05) is 5.32 Å². The molecule has 0 aliphatic heterocycles. The zero-order valence-corrected chi connectivity index (χ0v) is 13.1. The van der Waals surface area contributed by atoms with E-state index in [4.69, 9.17) is 19.9 Å². The number of amides is 1. The summed E-state index contributed by atoms with van der Waals surface area (Å²) in [6, 6.07) is 11.4. The van der Waals surface area contributed by atoms with Crippen LogP contribution in [0.3, 0.4) is 0 Å². The third-order valence-electron chi connectivity index (χ3n) is 3.22. The second-order valence-electron chi connectivity index (χ2n) is 4.90. The molecule has 24 heavy (non-hydrogen) atoms. The molecule has 7 nitrogen and oxygen atoms in total.